The van der Waals surface area contributed by atoms with Gasteiger partial charge in [0.25, 0.3) is 0 Å². The Morgan fingerprint density at radius 2 is 2.07 bits per heavy atom. The van der Waals surface area contributed by atoms with Gasteiger partial charge in [0.05, 0.1) is 11.7 Å². The molecule has 1 rings (SSSR count). The maximum absolute atomic E-state index is 9.80. The summed E-state index contributed by atoms with van der Waals surface area (Å²) in [5, 5.41) is 9.80. The molecule has 0 bridgehead atoms. The Morgan fingerprint density at radius 1 is 1.47 bits per heavy atom. The van der Waals surface area contributed by atoms with Crippen molar-refractivity contribution in [2.45, 2.75) is 38.4 Å². The third-order valence-corrected chi connectivity index (χ3v) is 3.06. The van der Waals surface area contributed by atoms with E-state index in [0.717, 1.165) is 32.5 Å². The van der Waals surface area contributed by atoms with Crippen LogP contribution in [0.5, 0.6) is 0 Å². The molecule has 0 radical (unpaired) electrons. The summed E-state index contributed by atoms with van der Waals surface area (Å²) in [6, 6.07) is 0. The number of aliphatic hydroxyl groups is 1. The second-order valence-electron chi connectivity index (χ2n) is 4.61. The summed E-state index contributed by atoms with van der Waals surface area (Å²) in [5.74, 6) is 0. The van der Waals surface area contributed by atoms with E-state index in [9.17, 15) is 5.11 Å². The fourth-order valence-electron chi connectivity index (χ4n) is 1.94. The number of hydrogen-bond donors (Lipinski definition) is 2. The number of nitrogens with two attached hydrogens (primary N) is 1. The predicted octanol–water partition coefficient (Wildman–Crippen LogP) is 0.197. The van der Waals surface area contributed by atoms with Crippen LogP contribution in [0.4, 0.5) is 0 Å². The molecule has 1 fully saturated rings. The highest BCUT2D eigenvalue weighted by molar-refractivity contribution is 4.82. The Kier molecular flexibility index (Phi) is 4.99. The van der Waals surface area contributed by atoms with Gasteiger partial charge in [0, 0.05) is 32.8 Å². The lowest BCUT2D eigenvalue weighted by Gasteiger charge is -2.37. The van der Waals surface area contributed by atoms with E-state index in [1.165, 1.54) is 0 Å². The Hall–Kier alpha value is -0.160. The standard InChI is InChI=1S/C11H24N2O2/c1-3-15-10(8-12)9-13-6-4-11(2,14)5-7-13/h10,14H,3-9,12H2,1-2H3. The van der Waals surface area contributed by atoms with E-state index in [1.807, 2.05) is 13.8 Å². The lowest BCUT2D eigenvalue weighted by Crippen LogP contribution is -2.46. The van der Waals surface area contributed by atoms with Crippen LogP contribution in [0, 0.1) is 0 Å². The van der Waals surface area contributed by atoms with Crippen LogP contribution in [-0.2, 0) is 4.74 Å². The van der Waals surface area contributed by atoms with Gasteiger partial charge in [0.1, 0.15) is 0 Å². The van der Waals surface area contributed by atoms with Crippen LogP contribution in [0.25, 0.3) is 0 Å². The summed E-state index contributed by atoms with van der Waals surface area (Å²) in [5.41, 5.74) is 5.16. The van der Waals surface area contributed by atoms with Crippen molar-refractivity contribution in [1.82, 2.24) is 4.90 Å². The molecule has 1 saturated heterocycles. The van der Waals surface area contributed by atoms with Crippen LogP contribution in [0.2, 0.25) is 0 Å². The van der Waals surface area contributed by atoms with Gasteiger partial charge in [-0.05, 0) is 26.7 Å². The first-order valence-electron chi connectivity index (χ1n) is 5.84. The average molecular weight is 216 g/mol. The molecule has 0 aromatic carbocycles. The van der Waals surface area contributed by atoms with Gasteiger partial charge in [-0.1, -0.05) is 0 Å². The molecule has 1 atom stereocenters. The maximum Gasteiger partial charge on any atom is 0.0823 e. The molecule has 0 spiro atoms. The van der Waals surface area contributed by atoms with Crippen molar-refractivity contribution in [2.75, 3.05) is 32.8 Å². The summed E-state index contributed by atoms with van der Waals surface area (Å²) in [7, 11) is 0. The molecule has 1 aliphatic rings. The quantitative estimate of drug-likeness (QED) is 0.689. The Balaban J connectivity index is 2.28. The molecule has 1 heterocycles. The normalized spacial score (nSPS) is 24.0. The second-order valence-corrected chi connectivity index (χ2v) is 4.61. The minimum Gasteiger partial charge on any atom is -0.390 e. The monoisotopic (exact) mass is 216 g/mol. The van der Waals surface area contributed by atoms with E-state index in [2.05, 4.69) is 4.90 Å². The van der Waals surface area contributed by atoms with Gasteiger partial charge < -0.3 is 20.5 Å². The highest BCUT2D eigenvalue weighted by Gasteiger charge is 2.28. The summed E-state index contributed by atoms with van der Waals surface area (Å²) >= 11 is 0. The Bertz CT molecular complexity index is 175. The van der Waals surface area contributed by atoms with Gasteiger partial charge >= 0.3 is 0 Å². The molecular formula is C11H24N2O2. The van der Waals surface area contributed by atoms with E-state index < -0.39 is 5.60 Å². The number of ether oxygens (including phenoxy) is 1. The van der Waals surface area contributed by atoms with Crippen LogP contribution in [-0.4, -0.2) is 54.5 Å². The van der Waals surface area contributed by atoms with E-state index in [4.69, 9.17) is 10.5 Å². The fraction of sp³-hybridized carbons (Fsp3) is 1.00. The molecule has 0 saturated carbocycles. The largest absolute Gasteiger partial charge is 0.390 e. The topological polar surface area (TPSA) is 58.7 Å². The molecule has 4 heteroatoms. The van der Waals surface area contributed by atoms with Gasteiger partial charge in [0.2, 0.25) is 0 Å². The van der Waals surface area contributed by atoms with E-state index in [0.29, 0.717) is 13.2 Å². The van der Waals surface area contributed by atoms with Crippen LogP contribution >= 0.6 is 0 Å². The van der Waals surface area contributed by atoms with Crippen LogP contribution in [0.1, 0.15) is 26.7 Å². The van der Waals surface area contributed by atoms with Crippen molar-refractivity contribution < 1.29 is 9.84 Å². The molecule has 3 N–H and O–H groups in total. The first kappa shape index (κ1) is 12.9. The zero-order valence-corrected chi connectivity index (χ0v) is 9.91. The highest BCUT2D eigenvalue weighted by atomic mass is 16.5. The van der Waals surface area contributed by atoms with Gasteiger partial charge in [-0.15, -0.1) is 0 Å². The third kappa shape index (κ3) is 4.47. The van der Waals surface area contributed by atoms with E-state index >= 15 is 0 Å². The number of likely N-dealkylation sites (tertiary alicyclic amines) is 1. The van der Waals surface area contributed by atoms with Crippen LogP contribution in [0.3, 0.4) is 0 Å². The number of piperidine rings is 1. The summed E-state index contributed by atoms with van der Waals surface area (Å²) < 4.78 is 5.52. The third-order valence-electron chi connectivity index (χ3n) is 3.06. The summed E-state index contributed by atoms with van der Waals surface area (Å²) in [6.07, 6.45) is 1.82. The van der Waals surface area contributed by atoms with Crippen molar-refractivity contribution in [3.05, 3.63) is 0 Å². The lowest BCUT2D eigenvalue weighted by atomic mass is 9.94. The van der Waals surface area contributed by atoms with E-state index in [-0.39, 0.29) is 6.10 Å². The predicted molar refractivity (Wildman–Crippen MR) is 60.8 cm³/mol. The van der Waals surface area contributed by atoms with Crippen molar-refractivity contribution in [2.24, 2.45) is 5.73 Å². The first-order valence-corrected chi connectivity index (χ1v) is 5.84. The first-order chi connectivity index (χ1) is 7.07. The number of nitrogens with zero attached hydrogens (tertiary/aromatic N) is 1. The van der Waals surface area contributed by atoms with Crippen LogP contribution < -0.4 is 5.73 Å². The van der Waals surface area contributed by atoms with Crippen molar-refractivity contribution >= 4 is 0 Å². The molecule has 90 valence electrons. The Morgan fingerprint density at radius 3 is 2.53 bits per heavy atom. The van der Waals surface area contributed by atoms with E-state index in [1.54, 1.807) is 0 Å². The summed E-state index contributed by atoms with van der Waals surface area (Å²) in [6.45, 7) is 7.96. The molecule has 1 unspecified atom stereocenters. The minimum atomic E-state index is -0.472. The fourth-order valence-corrected chi connectivity index (χ4v) is 1.94. The zero-order valence-electron chi connectivity index (χ0n) is 9.91. The number of hydrogen-bond acceptors (Lipinski definition) is 4. The molecule has 1 aliphatic heterocycles. The molecule has 0 aliphatic carbocycles. The zero-order chi connectivity index (χ0) is 11.3. The average Bonchev–Trinajstić information content (AvgIpc) is 2.20. The van der Waals surface area contributed by atoms with Crippen molar-refractivity contribution in [3.8, 4) is 0 Å². The van der Waals surface area contributed by atoms with Gasteiger partial charge in [-0.25, -0.2) is 0 Å². The van der Waals surface area contributed by atoms with Gasteiger partial charge in [0.15, 0.2) is 0 Å². The highest BCUT2D eigenvalue weighted by Crippen LogP contribution is 2.21. The lowest BCUT2D eigenvalue weighted by molar-refractivity contribution is -0.0249. The van der Waals surface area contributed by atoms with Crippen LogP contribution in [0.15, 0.2) is 0 Å². The minimum absolute atomic E-state index is 0.137. The molecule has 0 aromatic heterocycles. The smallest absolute Gasteiger partial charge is 0.0823 e. The SMILES string of the molecule is CCOC(CN)CN1CCC(C)(O)CC1. The molecule has 4 nitrogen and oxygen atoms in total. The molecule has 15 heavy (non-hydrogen) atoms. The van der Waals surface area contributed by atoms with Crippen molar-refractivity contribution in [1.29, 1.82) is 0 Å². The van der Waals surface area contributed by atoms with Crippen molar-refractivity contribution in [3.63, 3.8) is 0 Å². The maximum atomic E-state index is 9.80. The molecule has 0 aromatic rings. The number of rotatable bonds is 5. The van der Waals surface area contributed by atoms with Gasteiger partial charge in [-0.3, -0.25) is 0 Å². The Labute approximate surface area is 92.4 Å². The second kappa shape index (κ2) is 5.80. The molecular weight excluding hydrogens is 192 g/mol. The van der Waals surface area contributed by atoms with Gasteiger partial charge in [-0.2, -0.15) is 0 Å². The molecule has 0 amide bonds. The summed E-state index contributed by atoms with van der Waals surface area (Å²) in [4.78, 5) is 2.32.